The van der Waals surface area contributed by atoms with Crippen LogP contribution in [0, 0.1) is 5.41 Å². The fraction of sp³-hybridized carbons (Fsp3) is 0.917. The lowest BCUT2D eigenvalue weighted by Crippen LogP contribution is -2.48. The summed E-state index contributed by atoms with van der Waals surface area (Å²) in [5.74, 6) is 0. The summed E-state index contributed by atoms with van der Waals surface area (Å²) >= 11 is 0. The van der Waals surface area contributed by atoms with Crippen LogP contribution in [0.2, 0.25) is 0 Å². The number of carbonyl (C=O) groups is 1. The SMILES string of the molecule is CCCCNC(=O)N1CCCC(C)(C)C1. The number of likely N-dealkylation sites (tertiary alicyclic amines) is 1. The first kappa shape index (κ1) is 12.3. The molecule has 0 bridgehead atoms. The molecule has 0 aromatic carbocycles. The van der Waals surface area contributed by atoms with Crippen LogP contribution in [0.3, 0.4) is 0 Å². The Kier molecular flexibility index (Phi) is 4.43. The highest BCUT2D eigenvalue weighted by Crippen LogP contribution is 2.28. The van der Waals surface area contributed by atoms with Crippen LogP contribution in [0.25, 0.3) is 0 Å². The minimum atomic E-state index is 0.122. The monoisotopic (exact) mass is 212 g/mol. The van der Waals surface area contributed by atoms with Crippen molar-refractivity contribution in [2.75, 3.05) is 19.6 Å². The molecule has 0 saturated carbocycles. The smallest absolute Gasteiger partial charge is 0.317 e. The lowest BCUT2D eigenvalue weighted by molar-refractivity contribution is 0.129. The Labute approximate surface area is 93.2 Å². The molecule has 0 unspecified atom stereocenters. The van der Waals surface area contributed by atoms with E-state index < -0.39 is 0 Å². The van der Waals surface area contributed by atoms with Gasteiger partial charge in [0.25, 0.3) is 0 Å². The molecule has 0 aromatic rings. The van der Waals surface area contributed by atoms with Crippen LogP contribution in [0.15, 0.2) is 0 Å². The Hall–Kier alpha value is -0.730. The van der Waals surface area contributed by atoms with Crippen LogP contribution in [0.4, 0.5) is 4.79 Å². The molecule has 3 nitrogen and oxygen atoms in total. The third-order valence-electron chi connectivity index (χ3n) is 2.99. The molecule has 0 aliphatic carbocycles. The fourth-order valence-electron chi connectivity index (χ4n) is 2.08. The first-order valence-corrected chi connectivity index (χ1v) is 6.08. The van der Waals surface area contributed by atoms with E-state index in [1.165, 1.54) is 6.42 Å². The largest absolute Gasteiger partial charge is 0.338 e. The Balaban J connectivity index is 2.32. The summed E-state index contributed by atoms with van der Waals surface area (Å²) in [6.45, 7) is 9.23. The molecule has 1 aliphatic heterocycles. The summed E-state index contributed by atoms with van der Waals surface area (Å²) in [6.07, 6.45) is 4.56. The van der Waals surface area contributed by atoms with Crippen molar-refractivity contribution in [1.82, 2.24) is 10.2 Å². The molecular formula is C12H24N2O. The van der Waals surface area contributed by atoms with Crippen LogP contribution in [-0.2, 0) is 0 Å². The number of amides is 2. The van der Waals surface area contributed by atoms with Gasteiger partial charge in [-0.1, -0.05) is 27.2 Å². The summed E-state index contributed by atoms with van der Waals surface area (Å²) in [4.78, 5) is 13.7. The summed E-state index contributed by atoms with van der Waals surface area (Å²) in [7, 11) is 0. The molecule has 2 amide bonds. The van der Waals surface area contributed by atoms with Crippen molar-refractivity contribution in [1.29, 1.82) is 0 Å². The average molecular weight is 212 g/mol. The van der Waals surface area contributed by atoms with Crippen LogP contribution < -0.4 is 5.32 Å². The molecule has 88 valence electrons. The zero-order valence-corrected chi connectivity index (χ0v) is 10.3. The molecule has 0 aromatic heterocycles. The fourth-order valence-corrected chi connectivity index (χ4v) is 2.08. The summed E-state index contributed by atoms with van der Waals surface area (Å²) in [5, 5.41) is 2.98. The van der Waals surface area contributed by atoms with Crippen LogP contribution >= 0.6 is 0 Å². The minimum Gasteiger partial charge on any atom is -0.338 e. The molecule has 1 rings (SSSR count). The molecular weight excluding hydrogens is 188 g/mol. The van der Waals surface area contributed by atoms with Crippen LogP contribution in [0.1, 0.15) is 46.5 Å². The predicted molar refractivity (Wildman–Crippen MR) is 62.9 cm³/mol. The maximum Gasteiger partial charge on any atom is 0.317 e. The zero-order chi connectivity index (χ0) is 11.3. The maximum atomic E-state index is 11.8. The van der Waals surface area contributed by atoms with Gasteiger partial charge >= 0.3 is 6.03 Å². The number of rotatable bonds is 3. The van der Waals surface area contributed by atoms with Gasteiger partial charge in [0, 0.05) is 19.6 Å². The number of nitrogens with zero attached hydrogens (tertiary/aromatic N) is 1. The second-order valence-corrected chi connectivity index (χ2v) is 5.27. The van der Waals surface area contributed by atoms with E-state index in [9.17, 15) is 4.79 Å². The van der Waals surface area contributed by atoms with Crippen molar-refractivity contribution in [2.45, 2.75) is 46.5 Å². The molecule has 15 heavy (non-hydrogen) atoms. The molecule has 1 heterocycles. The highest BCUT2D eigenvalue weighted by molar-refractivity contribution is 5.74. The lowest BCUT2D eigenvalue weighted by atomic mass is 9.84. The highest BCUT2D eigenvalue weighted by Gasteiger charge is 2.28. The van der Waals surface area contributed by atoms with E-state index in [0.717, 1.165) is 38.9 Å². The van der Waals surface area contributed by atoms with Gasteiger partial charge in [0.05, 0.1) is 0 Å². The number of hydrogen-bond donors (Lipinski definition) is 1. The van der Waals surface area contributed by atoms with Gasteiger partial charge in [0.15, 0.2) is 0 Å². The maximum absolute atomic E-state index is 11.8. The van der Waals surface area contributed by atoms with Gasteiger partial charge in [0.2, 0.25) is 0 Å². The quantitative estimate of drug-likeness (QED) is 0.717. The topological polar surface area (TPSA) is 32.3 Å². The molecule has 1 saturated heterocycles. The number of piperidine rings is 1. The van der Waals surface area contributed by atoms with Crippen molar-refractivity contribution in [3.63, 3.8) is 0 Å². The Morgan fingerprint density at radius 1 is 1.47 bits per heavy atom. The first-order chi connectivity index (χ1) is 7.05. The minimum absolute atomic E-state index is 0.122. The molecule has 1 fully saturated rings. The van der Waals surface area contributed by atoms with E-state index in [0.29, 0.717) is 5.41 Å². The van der Waals surface area contributed by atoms with Gasteiger partial charge in [-0.05, 0) is 24.7 Å². The van der Waals surface area contributed by atoms with Crippen LogP contribution in [-0.4, -0.2) is 30.6 Å². The van der Waals surface area contributed by atoms with Gasteiger partial charge in [-0.25, -0.2) is 4.79 Å². The van der Waals surface area contributed by atoms with E-state index in [1.807, 2.05) is 4.90 Å². The Morgan fingerprint density at radius 2 is 2.20 bits per heavy atom. The zero-order valence-electron chi connectivity index (χ0n) is 10.3. The van der Waals surface area contributed by atoms with Crippen molar-refractivity contribution >= 4 is 6.03 Å². The van der Waals surface area contributed by atoms with Gasteiger partial charge in [0.1, 0.15) is 0 Å². The van der Waals surface area contributed by atoms with Gasteiger partial charge in [-0.3, -0.25) is 0 Å². The van der Waals surface area contributed by atoms with Gasteiger partial charge < -0.3 is 10.2 Å². The van der Waals surface area contributed by atoms with E-state index in [2.05, 4.69) is 26.1 Å². The standard InChI is InChI=1S/C12H24N2O/c1-4-5-8-13-11(15)14-9-6-7-12(2,3)10-14/h4-10H2,1-3H3,(H,13,15). The number of nitrogens with one attached hydrogen (secondary N) is 1. The second-order valence-electron chi connectivity index (χ2n) is 5.27. The van der Waals surface area contributed by atoms with E-state index in [1.54, 1.807) is 0 Å². The highest BCUT2D eigenvalue weighted by atomic mass is 16.2. The summed E-state index contributed by atoms with van der Waals surface area (Å²) in [6, 6.07) is 0.122. The normalized spacial score (nSPS) is 20.1. The summed E-state index contributed by atoms with van der Waals surface area (Å²) in [5.41, 5.74) is 0.292. The first-order valence-electron chi connectivity index (χ1n) is 6.08. The third-order valence-corrected chi connectivity index (χ3v) is 2.99. The molecule has 0 atom stereocenters. The molecule has 1 aliphatic rings. The van der Waals surface area contributed by atoms with E-state index in [4.69, 9.17) is 0 Å². The second kappa shape index (κ2) is 5.38. The molecule has 1 N–H and O–H groups in total. The third kappa shape index (κ3) is 4.10. The Morgan fingerprint density at radius 3 is 2.80 bits per heavy atom. The van der Waals surface area contributed by atoms with Crippen molar-refractivity contribution < 1.29 is 4.79 Å². The van der Waals surface area contributed by atoms with Crippen molar-refractivity contribution in [3.05, 3.63) is 0 Å². The molecule has 0 radical (unpaired) electrons. The Bertz CT molecular complexity index is 214. The number of urea groups is 1. The number of unbranched alkanes of at least 4 members (excludes halogenated alkanes) is 1. The lowest BCUT2D eigenvalue weighted by Gasteiger charge is -2.37. The van der Waals surface area contributed by atoms with E-state index in [-0.39, 0.29) is 6.03 Å². The number of carbonyl (C=O) groups excluding carboxylic acids is 1. The van der Waals surface area contributed by atoms with Gasteiger partial charge in [-0.15, -0.1) is 0 Å². The van der Waals surface area contributed by atoms with Crippen molar-refractivity contribution in [3.8, 4) is 0 Å². The number of hydrogen-bond acceptors (Lipinski definition) is 1. The summed E-state index contributed by atoms with van der Waals surface area (Å²) < 4.78 is 0. The molecule has 0 spiro atoms. The predicted octanol–water partition coefficient (Wildman–Crippen LogP) is 2.62. The van der Waals surface area contributed by atoms with Crippen molar-refractivity contribution in [2.24, 2.45) is 5.41 Å². The van der Waals surface area contributed by atoms with E-state index >= 15 is 0 Å². The molecule has 3 heteroatoms. The average Bonchev–Trinajstić information content (AvgIpc) is 2.16. The van der Waals surface area contributed by atoms with Crippen LogP contribution in [0.5, 0.6) is 0 Å². The van der Waals surface area contributed by atoms with Gasteiger partial charge in [-0.2, -0.15) is 0 Å².